The molecule has 150 valence electrons. The first kappa shape index (κ1) is 19.5. The summed E-state index contributed by atoms with van der Waals surface area (Å²) in [5.41, 5.74) is 2.60. The first-order valence-electron chi connectivity index (χ1n) is 9.64. The average molecular weight is 400 g/mol. The maximum absolute atomic E-state index is 12.7. The molecule has 0 bridgehead atoms. The van der Waals surface area contributed by atoms with E-state index < -0.39 is 5.97 Å². The van der Waals surface area contributed by atoms with Gasteiger partial charge in [0.2, 0.25) is 5.78 Å². The lowest BCUT2D eigenvalue weighted by molar-refractivity contribution is 0.0734. The summed E-state index contributed by atoms with van der Waals surface area (Å²) in [7, 11) is 0. The maximum atomic E-state index is 12.7. The number of fused-ring (bicyclic) bond motifs is 1. The Morgan fingerprint density at radius 1 is 1.03 bits per heavy atom. The number of para-hydroxylation sites is 1. The van der Waals surface area contributed by atoms with E-state index in [-0.39, 0.29) is 11.5 Å². The smallest absolute Gasteiger partial charge is 0.343 e. The van der Waals surface area contributed by atoms with Crippen LogP contribution in [0.25, 0.3) is 6.08 Å². The van der Waals surface area contributed by atoms with Gasteiger partial charge in [0, 0.05) is 11.6 Å². The Morgan fingerprint density at radius 3 is 2.67 bits per heavy atom. The zero-order valence-corrected chi connectivity index (χ0v) is 16.7. The first-order valence-corrected chi connectivity index (χ1v) is 9.64. The van der Waals surface area contributed by atoms with E-state index in [1.807, 2.05) is 44.2 Å². The number of benzene rings is 3. The molecule has 0 spiro atoms. The van der Waals surface area contributed by atoms with Gasteiger partial charge in [-0.05, 0) is 50.3 Å². The van der Waals surface area contributed by atoms with Crippen molar-refractivity contribution in [1.82, 2.24) is 0 Å². The van der Waals surface area contributed by atoms with Gasteiger partial charge in [0.1, 0.15) is 17.2 Å². The van der Waals surface area contributed by atoms with E-state index >= 15 is 0 Å². The molecule has 0 saturated carbocycles. The molecule has 0 N–H and O–H groups in total. The van der Waals surface area contributed by atoms with E-state index in [4.69, 9.17) is 14.2 Å². The highest BCUT2D eigenvalue weighted by Crippen LogP contribution is 2.36. The maximum Gasteiger partial charge on any atom is 0.343 e. The van der Waals surface area contributed by atoms with Crippen LogP contribution < -0.4 is 14.2 Å². The Bertz CT molecular complexity index is 1160. The van der Waals surface area contributed by atoms with Gasteiger partial charge >= 0.3 is 5.97 Å². The van der Waals surface area contributed by atoms with Crippen molar-refractivity contribution in [3.63, 3.8) is 0 Å². The van der Waals surface area contributed by atoms with E-state index in [9.17, 15) is 9.59 Å². The van der Waals surface area contributed by atoms with Gasteiger partial charge in [0.25, 0.3) is 0 Å². The van der Waals surface area contributed by atoms with Crippen molar-refractivity contribution in [2.45, 2.75) is 13.8 Å². The number of esters is 1. The molecule has 0 atom stereocenters. The van der Waals surface area contributed by atoms with Crippen molar-refractivity contribution in [3.8, 4) is 17.2 Å². The highest BCUT2D eigenvalue weighted by molar-refractivity contribution is 6.14. The lowest BCUT2D eigenvalue weighted by Gasteiger charge is -2.07. The van der Waals surface area contributed by atoms with E-state index in [1.54, 1.807) is 42.5 Å². The molecule has 0 unspecified atom stereocenters. The summed E-state index contributed by atoms with van der Waals surface area (Å²) >= 11 is 0. The Balaban J connectivity index is 1.56. The molecular formula is C25H20O5. The van der Waals surface area contributed by atoms with E-state index in [0.717, 1.165) is 11.1 Å². The topological polar surface area (TPSA) is 61.8 Å². The number of allylic oxidation sites excluding steroid dienone is 1. The highest BCUT2D eigenvalue weighted by Gasteiger charge is 2.28. The van der Waals surface area contributed by atoms with Gasteiger partial charge < -0.3 is 14.2 Å². The van der Waals surface area contributed by atoms with Crippen molar-refractivity contribution in [2.75, 3.05) is 6.61 Å². The van der Waals surface area contributed by atoms with Gasteiger partial charge in [-0.1, -0.05) is 35.9 Å². The third kappa shape index (κ3) is 3.96. The minimum atomic E-state index is -0.468. The van der Waals surface area contributed by atoms with Crippen LogP contribution in [0.15, 0.2) is 72.5 Å². The number of carbonyl (C=O) groups excluding carboxylic acids is 2. The molecule has 4 rings (SSSR count). The standard InChI is InChI=1S/C25H20O5/c1-3-28-21-10-5-4-8-17(21)14-23-24(26)20-12-11-19(15-22(20)30-23)29-25(27)18-9-6-7-16(2)13-18/h4-15H,3H2,1-2H3/b23-14-. The molecule has 0 saturated heterocycles. The van der Waals surface area contributed by atoms with Gasteiger partial charge in [0.15, 0.2) is 5.76 Å². The van der Waals surface area contributed by atoms with Gasteiger partial charge in [-0.2, -0.15) is 0 Å². The predicted molar refractivity (Wildman–Crippen MR) is 113 cm³/mol. The predicted octanol–water partition coefficient (Wildman–Crippen LogP) is 5.23. The van der Waals surface area contributed by atoms with Gasteiger partial charge in [-0.15, -0.1) is 0 Å². The summed E-state index contributed by atoms with van der Waals surface area (Å²) in [6.45, 7) is 4.32. The Morgan fingerprint density at radius 2 is 1.87 bits per heavy atom. The van der Waals surface area contributed by atoms with E-state index in [1.165, 1.54) is 0 Å². The number of ketones is 1. The van der Waals surface area contributed by atoms with Crippen LogP contribution in [0.5, 0.6) is 17.2 Å². The van der Waals surface area contributed by atoms with Crippen molar-refractivity contribution in [1.29, 1.82) is 0 Å². The molecule has 1 aliphatic rings. The fourth-order valence-electron chi connectivity index (χ4n) is 3.20. The second kappa shape index (κ2) is 8.25. The van der Waals surface area contributed by atoms with Gasteiger partial charge in [-0.3, -0.25) is 4.79 Å². The van der Waals surface area contributed by atoms with Crippen LogP contribution in [0.4, 0.5) is 0 Å². The first-order chi connectivity index (χ1) is 14.5. The van der Waals surface area contributed by atoms with Crippen LogP contribution in [-0.2, 0) is 0 Å². The number of hydrogen-bond donors (Lipinski definition) is 0. The monoisotopic (exact) mass is 400 g/mol. The molecule has 0 fully saturated rings. The molecule has 30 heavy (non-hydrogen) atoms. The van der Waals surface area contributed by atoms with Crippen LogP contribution >= 0.6 is 0 Å². The summed E-state index contributed by atoms with van der Waals surface area (Å²) < 4.78 is 16.8. The number of hydrogen-bond acceptors (Lipinski definition) is 5. The third-order valence-corrected chi connectivity index (χ3v) is 4.61. The average Bonchev–Trinajstić information content (AvgIpc) is 3.04. The van der Waals surface area contributed by atoms with Crippen LogP contribution in [0.2, 0.25) is 0 Å². The molecule has 1 aliphatic heterocycles. The minimum Gasteiger partial charge on any atom is -0.493 e. The van der Waals surface area contributed by atoms with Crippen molar-refractivity contribution in [2.24, 2.45) is 0 Å². The fraction of sp³-hybridized carbons (Fsp3) is 0.120. The minimum absolute atomic E-state index is 0.194. The quantitative estimate of drug-likeness (QED) is 0.333. The van der Waals surface area contributed by atoms with Crippen LogP contribution in [0.3, 0.4) is 0 Å². The number of rotatable bonds is 5. The van der Waals surface area contributed by atoms with Crippen LogP contribution in [-0.4, -0.2) is 18.4 Å². The molecule has 3 aromatic rings. The second-order valence-corrected chi connectivity index (χ2v) is 6.83. The SMILES string of the molecule is CCOc1ccccc1/C=C1\Oc2cc(OC(=O)c3cccc(C)c3)ccc2C1=O. The molecule has 5 nitrogen and oxygen atoms in total. The Labute approximate surface area is 174 Å². The summed E-state index contributed by atoms with van der Waals surface area (Å²) in [6.07, 6.45) is 1.66. The summed E-state index contributed by atoms with van der Waals surface area (Å²) in [5.74, 6) is 0.836. The molecule has 5 heteroatoms. The number of aryl methyl sites for hydroxylation is 1. The second-order valence-electron chi connectivity index (χ2n) is 6.83. The molecule has 0 aromatic heterocycles. The molecule has 3 aromatic carbocycles. The largest absolute Gasteiger partial charge is 0.493 e. The molecule has 0 amide bonds. The van der Waals surface area contributed by atoms with E-state index in [0.29, 0.717) is 35.0 Å². The zero-order valence-electron chi connectivity index (χ0n) is 16.7. The lowest BCUT2D eigenvalue weighted by Crippen LogP contribution is -2.08. The molecule has 0 aliphatic carbocycles. The van der Waals surface area contributed by atoms with Crippen molar-refractivity contribution >= 4 is 17.8 Å². The summed E-state index contributed by atoms with van der Waals surface area (Å²) in [6, 6.07) is 19.3. The number of carbonyl (C=O) groups is 2. The number of Topliss-reactive ketones (excluding diaryl/α,β-unsaturated/α-hetero) is 1. The van der Waals surface area contributed by atoms with Crippen LogP contribution in [0, 0.1) is 6.92 Å². The Hall–Kier alpha value is -3.86. The normalized spacial score (nSPS) is 13.7. The Kier molecular flexibility index (Phi) is 5.35. The third-order valence-electron chi connectivity index (χ3n) is 4.61. The molecular weight excluding hydrogens is 380 g/mol. The molecule has 1 heterocycles. The lowest BCUT2D eigenvalue weighted by atomic mass is 10.1. The van der Waals surface area contributed by atoms with Gasteiger partial charge in [0.05, 0.1) is 17.7 Å². The summed E-state index contributed by atoms with van der Waals surface area (Å²) in [5, 5.41) is 0. The van der Waals surface area contributed by atoms with Gasteiger partial charge in [-0.25, -0.2) is 4.79 Å². The zero-order chi connectivity index (χ0) is 21.1. The summed E-state index contributed by atoms with van der Waals surface area (Å²) in [4.78, 5) is 25.1. The number of ether oxygens (including phenoxy) is 3. The molecule has 0 radical (unpaired) electrons. The van der Waals surface area contributed by atoms with E-state index in [2.05, 4.69) is 0 Å². The highest BCUT2D eigenvalue weighted by atomic mass is 16.5. The fourth-order valence-corrected chi connectivity index (χ4v) is 3.20. The van der Waals surface area contributed by atoms with Crippen molar-refractivity contribution in [3.05, 3.63) is 94.7 Å². The van der Waals surface area contributed by atoms with Crippen LogP contribution in [0.1, 0.15) is 38.8 Å². The van der Waals surface area contributed by atoms with Crippen molar-refractivity contribution < 1.29 is 23.8 Å².